The van der Waals surface area contributed by atoms with Crippen LogP contribution in [0.1, 0.15) is 18.1 Å². The molecule has 0 aliphatic rings. The summed E-state index contributed by atoms with van der Waals surface area (Å²) in [5.41, 5.74) is 6.33. The molecule has 23 heavy (non-hydrogen) atoms. The Morgan fingerprint density at radius 2 is 2.13 bits per heavy atom. The molecule has 0 saturated carbocycles. The number of benzene rings is 1. The number of aliphatic hydroxyl groups excluding tert-OH is 1. The van der Waals surface area contributed by atoms with Gasteiger partial charge in [0.1, 0.15) is 0 Å². The average Bonchev–Trinajstić information content (AvgIpc) is 2.94. The highest BCUT2D eigenvalue weighted by Crippen LogP contribution is 2.31. The molecule has 0 fully saturated rings. The largest absolute Gasteiger partial charge is 0.361 e. The Balaban J connectivity index is 2.04. The fourth-order valence-electron chi connectivity index (χ4n) is 2.67. The Morgan fingerprint density at radius 1 is 1.30 bits per heavy atom. The molecule has 0 saturated heterocycles. The predicted octanol–water partition coefficient (Wildman–Crippen LogP) is 2.54. The van der Waals surface area contributed by atoms with Crippen LogP contribution in [0.3, 0.4) is 0 Å². The Hall–Kier alpha value is -2.44. The van der Waals surface area contributed by atoms with Gasteiger partial charge >= 0.3 is 0 Å². The van der Waals surface area contributed by atoms with E-state index in [-0.39, 0.29) is 0 Å². The molecule has 0 amide bonds. The number of aryl methyl sites for hydroxylation is 1. The third kappa shape index (κ3) is 3.04. The molecule has 3 aromatic rings. The topological polar surface area (TPSA) is 85.9 Å². The van der Waals surface area contributed by atoms with Crippen molar-refractivity contribution in [3.05, 3.63) is 41.7 Å². The number of H-pyrrole nitrogens is 1. The summed E-state index contributed by atoms with van der Waals surface area (Å²) in [6, 6.07) is 6.05. The Morgan fingerprint density at radius 3 is 2.83 bits per heavy atom. The van der Waals surface area contributed by atoms with Gasteiger partial charge in [0.15, 0.2) is 6.35 Å². The maximum absolute atomic E-state index is 9.79. The number of fused-ring (bicyclic) bond motifs is 1. The van der Waals surface area contributed by atoms with Crippen molar-refractivity contribution < 1.29 is 5.11 Å². The van der Waals surface area contributed by atoms with Crippen LogP contribution in [0.4, 0.5) is 5.95 Å². The third-order valence-electron chi connectivity index (χ3n) is 3.99. The zero-order valence-corrected chi connectivity index (χ0v) is 13.5. The van der Waals surface area contributed by atoms with E-state index in [1.807, 2.05) is 25.3 Å². The molecule has 6 heteroatoms. The lowest BCUT2D eigenvalue weighted by Gasteiger charge is -2.11. The van der Waals surface area contributed by atoms with Crippen LogP contribution >= 0.6 is 0 Å². The molecule has 0 aliphatic carbocycles. The molecular weight excluding hydrogens is 290 g/mol. The van der Waals surface area contributed by atoms with Crippen molar-refractivity contribution in [3.63, 3.8) is 0 Å². The van der Waals surface area contributed by atoms with Crippen LogP contribution in [0.25, 0.3) is 22.2 Å². The molecule has 1 atom stereocenters. The number of hydrogen-bond donors (Lipinski definition) is 4. The van der Waals surface area contributed by atoms with Gasteiger partial charge in [-0.2, -0.15) is 0 Å². The minimum absolute atomic E-state index is 0.541. The molecule has 0 bridgehead atoms. The summed E-state index contributed by atoms with van der Waals surface area (Å²) in [7, 11) is 0. The first-order valence-corrected chi connectivity index (χ1v) is 7.68. The predicted molar refractivity (Wildman–Crippen MR) is 92.1 cm³/mol. The standard InChI is InChI=1S/C17H21N5O/c1-4-19-17(23)22-16-20-14-8-13(12-6-5-7-18-9-12)10(2)11(3)15(14)21-16/h5-9,17,19,23H,4H2,1-3H3,(H2,20,21,22). The minimum Gasteiger partial charge on any atom is -0.361 e. The lowest BCUT2D eigenvalue weighted by Crippen LogP contribution is -2.35. The summed E-state index contributed by atoms with van der Waals surface area (Å²) >= 11 is 0. The monoisotopic (exact) mass is 311 g/mol. The van der Waals surface area contributed by atoms with Gasteiger partial charge in [-0.1, -0.05) is 13.0 Å². The first-order chi connectivity index (χ1) is 11.1. The van der Waals surface area contributed by atoms with Gasteiger partial charge in [-0.05, 0) is 49.2 Å². The van der Waals surface area contributed by atoms with Gasteiger partial charge in [0.25, 0.3) is 0 Å². The molecular formula is C17H21N5O. The first-order valence-electron chi connectivity index (χ1n) is 7.68. The van der Waals surface area contributed by atoms with Crippen LogP contribution < -0.4 is 10.6 Å². The van der Waals surface area contributed by atoms with Crippen molar-refractivity contribution in [2.24, 2.45) is 0 Å². The van der Waals surface area contributed by atoms with Crippen LogP contribution in [0.5, 0.6) is 0 Å². The minimum atomic E-state index is -0.834. The van der Waals surface area contributed by atoms with Crippen molar-refractivity contribution in [1.82, 2.24) is 20.3 Å². The normalized spacial score (nSPS) is 12.5. The van der Waals surface area contributed by atoms with Crippen LogP contribution in [-0.2, 0) is 0 Å². The van der Waals surface area contributed by atoms with Gasteiger partial charge < -0.3 is 15.4 Å². The maximum Gasteiger partial charge on any atom is 0.204 e. The number of aromatic nitrogens is 3. The summed E-state index contributed by atoms with van der Waals surface area (Å²) < 4.78 is 0. The zero-order valence-electron chi connectivity index (χ0n) is 13.5. The van der Waals surface area contributed by atoms with Crippen molar-refractivity contribution in [1.29, 1.82) is 0 Å². The Kier molecular flexibility index (Phi) is 4.27. The molecule has 6 nitrogen and oxygen atoms in total. The molecule has 3 rings (SSSR count). The van der Waals surface area contributed by atoms with Crippen molar-refractivity contribution >= 4 is 17.0 Å². The number of aromatic amines is 1. The van der Waals surface area contributed by atoms with Gasteiger partial charge in [-0.15, -0.1) is 0 Å². The number of rotatable bonds is 5. The van der Waals surface area contributed by atoms with E-state index in [2.05, 4.69) is 45.5 Å². The molecule has 2 heterocycles. The van der Waals surface area contributed by atoms with Crippen LogP contribution in [0.2, 0.25) is 0 Å². The van der Waals surface area contributed by atoms with E-state index in [4.69, 9.17) is 0 Å². The van der Waals surface area contributed by atoms with Crippen LogP contribution in [0.15, 0.2) is 30.6 Å². The summed E-state index contributed by atoms with van der Waals surface area (Å²) in [5, 5.41) is 15.6. The second-order valence-electron chi connectivity index (χ2n) is 5.50. The molecule has 1 unspecified atom stereocenters. The highest BCUT2D eigenvalue weighted by atomic mass is 16.3. The number of imidazole rings is 1. The van der Waals surface area contributed by atoms with E-state index >= 15 is 0 Å². The number of hydrogen-bond acceptors (Lipinski definition) is 5. The van der Waals surface area contributed by atoms with Crippen molar-refractivity contribution in [2.45, 2.75) is 27.1 Å². The molecule has 0 spiro atoms. The molecule has 4 N–H and O–H groups in total. The van der Waals surface area contributed by atoms with E-state index in [0.717, 1.165) is 27.7 Å². The number of nitrogens with zero attached hydrogens (tertiary/aromatic N) is 2. The quantitative estimate of drug-likeness (QED) is 0.544. The van der Waals surface area contributed by atoms with Crippen LogP contribution in [0, 0.1) is 13.8 Å². The van der Waals surface area contributed by atoms with Crippen molar-refractivity contribution in [3.8, 4) is 11.1 Å². The maximum atomic E-state index is 9.79. The van der Waals surface area contributed by atoms with Gasteiger partial charge in [-0.25, -0.2) is 4.98 Å². The van der Waals surface area contributed by atoms with Crippen LogP contribution in [-0.4, -0.2) is 33.0 Å². The van der Waals surface area contributed by atoms with Gasteiger partial charge in [0.2, 0.25) is 5.95 Å². The lowest BCUT2D eigenvalue weighted by atomic mass is 9.97. The number of anilines is 1. The Bertz CT molecular complexity index is 813. The summed E-state index contributed by atoms with van der Waals surface area (Å²) in [5.74, 6) is 0.541. The molecule has 2 aromatic heterocycles. The number of nitrogens with one attached hydrogen (secondary N) is 3. The van der Waals surface area contributed by atoms with E-state index in [0.29, 0.717) is 12.5 Å². The van der Waals surface area contributed by atoms with E-state index in [1.54, 1.807) is 6.20 Å². The highest BCUT2D eigenvalue weighted by Gasteiger charge is 2.13. The molecule has 0 aliphatic heterocycles. The van der Waals surface area contributed by atoms with Gasteiger partial charge in [0, 0.05) is 18.0 Å². The highest BCUT2D eigenvalue weighted by molar-refractivity contribution is 5.88. The summed E-state index contributed by atoms with van der Waals surface area (Å²) in [4.78, 5) is 12.0. The number of aliphatic hydroxyl groups is 1. The van der Waals surface area contributed by atoms with Gasteiger partial charge in [0.05, 0.1) is 11.0 Å². The fourth-order valence-corrected chi connectivity index (χ4v) is 2.67. The smallest absolute Gasteiger partial charge is 0.204 e. The fraction of sp³-hybridized carbons (Fsp3) is 0.294. The van der Waals surface area contributed by atoms with Crippen molar-refractivity contribution in [2.75, 3.05) is 11.9 Å². The Labute approximate surface area is 135 Å². The number of pyridine rings is 1. The molecule has 1 aromatic carbocycles. The lowest BCUT2D eigenvalue weighted by molar-refractivity contribution is 0.167. The SMILES string of the molecule is CCNC(O)Nc1nc2c(C)c(C)c(-c3cccnc3)cc2[nH]1. The van der Waals surface area contributed by atoms with E-state index < -0.39 is 6.35 Å². The summed E-state index contributed by atoms with van der Waals surface area (Å²) in [6.07, 6.45) is 2.79. The first kappa shape index (κ1) is 15.5. The van der Waals surface area contributed by atoms with Gasteiger partial charge in [-0.3, -0.25) is 10.3 Å². The summed E-state index contributed by atoms with van der Waals surface area (Å²) in [6.45, 7) is 6.74. The average molecular weight is 311 g/mol. The second-order valence-corrected chi connectivity index (χ2v) is 5.50. The van der Waals surface area contributed by atoms with E-state index in [1.165, 1.54) is 5.56 Å². The third-order valence-corrected chi connectivity index (χ3v) is 3.99. The zero-order chi connectivity index (χ0) is 16.4. The molecule has 120 valence electrons. The van der Waals surface area contributed by atoms with E-state index in [9.17, 15) is 5.11 Å². The molecule has 0 radical (unpaired) electrons. The second kappa shape index (κ2) is 6.36.